The second kappa shape index (κ2) is 12.7. The highest BCUT2D eigenvalue weighted by atomic mass is 19.1. The first kappa shape index (κ1) is 28.5. The minimum absolute atomic E-state index is 0.00202. The van der Waals surface area contributed by atoms with Crippen LogP contribution in [0, 0.1) is 5.82 Å². The van der Waals surface area contributed by atoms with E-state index in [4.69, 9.17) is 9.72 Å². The van der Waals surface area contributed by atoms with E-state index in [1.807, 2.05) is 71.6 Å². The highest BCUT2D eigenvalue weighted by Gasteiger charge is 2.24. The molecule has 2 aromatic heterocycles. The summed E-state index contributed by atoms with van der Waals surface area (Å²) in [5.41, 5.74) is 7.15. The van der Waals surface area contributed by atoms with Crippen molar-refractivity contribution in [1.29, 1.82) is 0 Å². The molecule has 0 radical (unpaired) electrons. The zero-order valence-electron chi connectivity index (χ0n) is 24.1. The van der Waals surface area contributed by atoms with Gasteiger partial charge in [-0.05, 0) is 60.0 Å². The van der Waals surface area contributed by atoms with Crippen molar-refractivity contribution in [2.45, 2.75) is 20.1 Å². The van der Waals surface area contributed by atoms with Crippen LogP contribution in [-0.2, 0) is 22.7 Å². The number of rotatable bonds is 9. The fourth-order valence-corrected chi connectivity index (χ4v) is 5.44. The summed E-state index contributed by atoms with van der Waals surface area (Å²) < 4.78 is 21.5. The summed E-state index contributed by atoms with van der Waals surface area (Å²) in [5.74, 6) is -0.263. The van der Waals surface area contributed by atoms with Crippen LogP contribution in [0.5, 0.6) is 0 Å². The fourth-order valence-electron chi connectivity index (χ4n) is 5.44. The standard InChI is InChI=1S/C35H33FN4O3/c1-25(41)27-7-9-28(10-8-27)30-13-16-33-37-35(29-11-14-31(36)15-12-29)32(40(33)21-30)22-38-17-19-39(20-18-38)34(42)24-43-23-26-5-3-2-4-6-26/h2-16,21H,17-20,22-24H2,1H3. The zero-order valence-corrected chi connectivity index (χ0v) is 24.1. The molecule has 43 heavy (non-hydrogen) atoms. The van der Waals surface area contributed by atoms with Crippen molar-refractivity contribution in [2.24, 2.45) is 0 Å². The quantitative estimate of drug-likeness (QED) is 0.205. The molecular formula is C35H33FN4O3. The molecule has 5 aromatic rings. The summed E-state index contributed by atoms with van der Waals surface area (Å²) in [6.45, 7) is 5.31. The van der Waals surface area contributed by atoms with Gasteiger partial charge in [-0.3, -0.25) is 14.5 Å². The maximum absolute atomic E-state index is 13.8. The first-order valence-electron chi connectivity index (χ1n) is 14.4. The molecule has 218 valence electrons. The highest BCUT2D eigenvalue weighted by Crippen LogP contribution is 2.29. The number of aromatic nitrogens is 2. The Labute approximate surface area is 250 Å². The minimum Gasteiger partial charge on any atom is -0.367 e. The third-order valence-electron chi connectivity index (χ3n) is 7.90. The number of imidazole rings is 1. The average Bonchev–Trinajstić information content (AvgIpc) is 3.39. The molecule has 0 aliphatic carbocycles. The Morgan fingerprint density at radius 3 is 2.19 bits per heavy atom. The van der Waals surface area contributed by atoms with Crippen molar-refractivity contribution in [3.05, 3.63) is 120 Å². The van der Waals surface area contributed by atoms with Crippen molar-refractivity contribution in [3.63, 3.8) is 0 Å². The number of hydrogen-bond donors (Lipinski definition) is 0. The topological polar surface area (TPSA) is 67.2 Å². The van der Waals surface area contributed by atoms with E-state index in [9.17, 15) is 14.0 Å². The molecule has 8 heteroatoms. The second-order valence-electron chi connectivity index (χ2n) is 10.8. The fraction of sp³-hybridized carbons (Fsp3) is 0.229. The Bertz CT molecular complexity index is 1730. The number of halogens is 1. The van der Waals surface area contributed by atoms with Crippen LogP contribution in [0.4, 0.5) is 4.39 Å². The van der Waals surface area contributed by atoms with Gasteiger partial charge in [0.2, 0.25) is 5.91 Å². The zero-order chi connectivity index (χ0) is 29.8. The number of amides is 1. The number of ether oxygens (including phenoxy) is 1. The van der Waals surface area contributed by atoms with Crippen LogP contribution >= 0.6 is 0 Å². The van der Waals surface area contributed by atoms with Gasteiger partial charge >= 0.3 is 0 Å². The number of pyridine rings is 1. The van der Waals surface area contributed by atoms with Gasteiger partial charge in [-0.2, -0.15) is 0 Å². The highest BCUT2D eigenvalue weighted by molar-refractivity contribution is 5.94. The number of Topliss-reactive ketones (excluding diaryl/α,β-unsaturated/α-hetero) is 1. The lowest BCUT2D eigenvalue weighted by Crippen LogP contribution is -2.49. The molecule has 1 aliphatic rings. The first-order chi connectivity index (χ1) is 20.9. The summed E-state index contributed by atoms with van der Waals surface area (Å²) in [4.78, 5) is 33.7. The smallest absolute Gasteiger partial charge is 0.248 e. The van der Waals surface area contributed by atoms with Gasteiger partial charge in [0.05, 0.1) is 18.0 Å². The number of hydrogen-bond acceptors (Lipinski definition) is 5. The monoisotopic (exact) mass is 576 g/mol. The van der Waals surface area contributed by atoms with E-state index in [2.05, 4.69) is 15.5 Å². The van der Waals surface area contributed by atoms with Gasteiger partial charge in [-0.15, -0.1) is 0 Å². The van der Waals surface area contributed by atoms with Crippen LogP contribution in [0.3, 0.4) is 0 Å². The molecule has 0 unspecified atom stereocenters. The third kappa shape index (κ3) is 6.56. The summed E-state index contributed by atoms with van der Waals surface area (Å²) in [6.07, 6.45) is 2.07. The van der Waals surface area contributed by atoms with E-state index in [-0.39, 0.29) is 24.1 Å². The molecule has 7 nitrogen and oxygen atoms in total. The van der Waals surface area contributed by atoms with Crippen LogP contribution in [-0.4, -0.2) is 63.7 Å². The number of carbonyl (C=O) groups excluding carboxylic acids is 2. The van der Waals surface area contributed by atoms with Crippen molar-refractivity contribution >= 4 is 17.3 Å². The number of carbonyl (C=O) groups is 2. The molecule has 1 saturated heterocycles. The molecule has 0 spiro atoms. The van der Waals surface area contributed by atoms with Crippen molar-refractivity contribution in [3.8, 4) is 22.4 Å². The number of ketones is 1. The second-order valence-corrected chi connectivity index (χ2v) is 10.8. The number of nitrogens with zero attached hydrogens (tertiary/aromatic N) is 4. The Morgan fingerprint density at radius 2 is 1.49 bits per heavy atom. The lowest BCUT2D eigenvalue weighted by atomic mass is 10.0. The maximum Gasteiger partial charge on any atom is 0.248 e. The van der Waals surface area contributed by atoms with Crippen LogP contribution < -0.4 is 0 Å². The van der Waals surface area contributed by atoms with Gasteiger partial charge in [-0.25, -0.2) is 9.37 Å². The SMILES string of the molecule is CC(=O)c1ccc(-c2ccc3nc(-c4ccc(F)cc4)c(CN4CCN(C(=O)COCc5ccccc5)CC4)n3c2)cc1. The van der Waals surface area contributed by atoms with Crippen molar-refractivity contribution in [1.82, 2.24) is 19.2 Å². The van der Waals surface area contributed by atoms with Crippen molar-refractivity contribution < 1.29 is 18.7 Å². The summed E-state index contributed by atoms with van der Waals surface area (Å²) in [5, 5.41) is 0. The van der Waals surface area contributed by atoms with Gasteiger partial charge in [0, 0.05) is 50.0 Å². The van der Waals surface area contributed by atoms with E-state index < -0.39 is 0 Å². The third-order valence-corrected chi connectivity index (χ3v) is 7.90. The van der Waals surface area contributed by atoms with Crippen molar-refractivity contribution in [2.75, 3.05) is 32.8 Å². The Balaban J connectivity index is 1.20. The molecule has 0 N–H and O–H groups in total. The molecule has 1 aliphatic heterocycles. The predicted octanol–water partition coefficient (Wildman–Crippen LogP) is 5.87. The first-order valence-corrected chi connectivity index (χ1v) is 14.4. The summed E-state index contributed by atoms with van der Waals surface area (Å²) >= 11 is 0. The van der Waals surface area contributed by atoms with E-state index in [1.165, 1.54) is 12.1 Å². The number of piperazine rings is 1. The van der Waals surface area contributed by atoms with Gasteiger partial charge in [0.15, 0.2) is 5.78 Å². The molecule has 1 amide bonds. The molecular weight excluding hydrogens is 543 g/mol. The molecule has 0 bridgehead atoms. The largest absolute Gasteiger partial charge is 0.367 e. The predicted molar refractivity (Wildman–Crippen MR) is 164 cm³/mol. The summed E-state index contributed by atoms with van der Waals surface area (Å²) in [6, 6.07) is 27.9. The molecule has 1 fully saturated rings. The van der Waals surface area contributed by atoms with Crippen LogP contribution in [0.15, 0.2) is 97.2 Å². The van der Waals surface area contributed by atoms with Crippen LogP contribution in [0.25, 0.3) is 28.0 Å². The minimum atomic E-state index is -0.293. The number of fused-ring (bicyclic) bond motifs is 1. The molecule has 0 saturated carbocycles. The Kier molecular flexibility index (Phi) is 8.40. The molecule has 6 rings (SSSR count). The normalized spacial score (nSPS) is 13.9. The molecule has 0 atom stereocenters. The van der Waals surface area contributed by atoms with E-state index >= 15 is 0 Å². The summed E-state index contributed by atoms with van der Waals surface area (Å²) in [7, 11) is 0. The maximum atomic E-state index is 13.8. The van der Waals surface area contributed by atoms with E-state index in [0.29, 0.717) is 44.9 Å². The lowest BCUT2D eigenvalue weighted by Gasteiger charge is -2.34. The van der Waals surface area contributed by atoms with Crippen LogP contribution in [0.2, 0.25) is 0 Å². The van der Waals surface area contributed by atoms with E-state index in [1.54, 1.807) is 19.1 Å². The van der Waals surface area contributed by atoms with Gasteiger partial charge in [-0.1, -0.05) is 54.6 Å². The van der Waals surface area contributed by atoms with Gasteiger partial charge in [0.25, 0.3) is 0 Å². The van der Waals surface area contributed by atoms with Gasteiger partial charge in [0.1, 0.15) is 18.1 Å². The van der Waals surface area contributed by atoms with Crippen LogP contribution in [0.1, 0.15) is 28.5 Å². The Morgan fingerprint density at radius 1 is 0.814 bits per heavy atom. The van der Waals surface area contributed by atoms with Gasteiger partial charge < -0.3 is 14.0 Å². The lowest BCUT2D eigenvalue weighted by molar-refractivity contribution is -0.138. The number of benzene rings is 3. The molecule has 3 heterocycles. The Hall–Kier alpha value is -4.66. The average molecular weight is 577 g/mol. The molecule has 3 aromatic carbocycles. The van der Waals surface area contributed by atoms with E-state index in [0.717, 1.165) is 39.3 Å².